The van der Waals surface area contributed by atoms with Crippen LogP contribution >= 0.6 is 23.2 Å². The maximum absolute atomic E-state index is 13.9. The van der Waals surface area contributed by atoms with Crippen molar-refractivity contribution >= 4 is 40.8 Å². The van der Waals surface area contributed by atoms with Crippen LogP contribution in [0.5, 0.6) is 0 Å². The highest BCUT2D eigenvalue weighted by Gasteiger charge is 2.24. The summed E-state index contributed by atoms with van der Waals surface area (Å²) in [6, 6.07) is 10.9. The van der Waals surface area contributed by atoms with E-state index in [-0.39, 0.29) is 28.9 Å². The van der Waals surface area contributed by atoms with Crippen LogP contribution < -0.4 is 4.90 Å². The maximum Gasteiger partial charge on any atom is 0.340 e. The summed E-state index contributed by atoms with van der Waals surface area (Å²) in [5, 5.41) is 0.568. The smallest absolute Gasteiger partial charge is 0.340 e. The first-order valence-corrected chi connectivity index (χ1v) is 9.10. The van der Waals surface area contributed by atoms with E-state index in [1.807, 2.05) is 4.90 Å². The third-order valence-electron chi connectivity index (χ3n) is 4.30. The number of benzene rings is 2. The molecule has 2 aromatic carbocycles. The lowest BCUT2D eigenvalue weighted by molar-refractivity contribution is -0.134. The van der Waals surface area contributed by atoms with Gasteiger partial charge in [-0.05, 0) is 30.3 Å². The molecule has 2 aromatic rings. The molecule has 0 aromatic heterocycles. The molecule has 0 radical (unpaired) electrons. The average Bonchev–Trinajstić information content (AvgIpc) is 2.66. The Hall–Kier alpha value is -2.31. The molecule has 1 amide bonds. The number of para-hydroxylation sites is 1. The van der Waals surface area contributed by atoms with Gasteiger partial charge in [-0.15, -0.1) is 0 Å². The lowest BCUT2D eigenvalue weighted by Crippen LogP contribution is -2.50. The molecule has 0 saturated carbocycles. The minimum absolute atomic E-state index is 0.151. The molecule has 0 atom stereocenters. The van der Waals surface area contributed by atoms with Crippen LogP contribution in [0.25, 0.3) is 0 Å². The minimum atomic E-state index is -0.685. The van der Waals surface area contributed by atoms with Crippen LogP contribution in [0.15, 0.2) is 42.5 Å². The molecule has 1 aliphatic heterocycles. The van der Waals surface area contributed by atoms with Gasteiger partial charge in [-0.25, -0.2) is 9.18 Å². The third-order valence-corrected chi connectivity index (χ3v) is 4.85. The van der Waals surface area contributed by atoms with Gasteiger partial charge < -0.3 is 14.5 Å². The Labute approximate surface area is 166 Å². The lowest BCUT2D eigenvalue weighted by atomic mass is 10.2. The van der Waals surface area contributed by atoms with Crippen LogP contribution in [0, 0.1) is 5.82 Å². The van der Waals surface area contributed by atoms with E-state index < -0.39 is 5.97 Å². The molecule has 0 bridgehead atoms. The van der Waals surface area contributed by atoms with E-state index in [0.29, 0.717) is 36.9 Å². The quantitative estimate of drug-likeness (QED) is 0.721. The third kappa shape index (κ3) is 4.70. The van der Waals surface area contributed by atoms with Crippen molar-refractivity contribution in [2.45, 2.75) is 0 Å². The fourth-order valence-corrected chi connectivity index (χ4v) is 3.34. The molecule has 0 aliphatic carbocycles. The SMILES string of the molecule is O=C(OCC(=O)N1CCN(c2ccccc2F)CC1)c1ccc(Cl)cc1Cl. The highest BCUT2D eigenvalue weighted by Crippen LogP contribution is 2.22. The van der Waals surface area contributed by atoms with Gasteiger partial charge in [-0.2, -0.15) is 0 Å². The number of anilines is 1. The molecule has 1 saturated heterocycles. The van der Waals surface area contributed by atoms with E-state index in [1.54, 1.807) is 23.1 Å². The van der Waals surface area contributed by atoms with E-state index in [4.69, 9.17) is 27.9 Å². The number of rotatable bonds is 4. The van der Waals surface area contributed by atoms with E-state index in [9.17, 15) is 14.0 Å². The number of ether oxygens (including phenoxy) is 1. The Kier molecular flexibility index (Phi) is 6.19. The van der Waals surface area contributed by atoms with Gasteiger partial charge >= 0.3 is 5.97 Å². The molecule has 1 aliphatic rings. The standard InChI is InChI=1S/C19H17Cl2FN2O3/c20-13-5-6-14(15(21)11-13)19(26)27-12-18(25)24-9-7-23(8-10-24)17-4-2-1-3-16(17)22/h1-6,11H,7-10,12H2. The van der Waals surface area contributed by atoms with Crippen molar-refractivity contribution in [2.75, 3.05) is 37.7 Å². The van der Waals surface area contributed by atoms with Crippen molar-refractivity contribution in [3.63, 3.8) is 0 Å². The summed E-state index contributed by atoms with van der Waals surface area (Å²) in [5.41, 5.74) is 0.673. The molecule has 5 nitrogen and oxygen atoms in total. The number of carbonyl (C=O) groups is 2. The first-order chi connectivity index (χ1) is 13.0. The van der Waals surface area contributed by atoms with Crippen molar-refractivity contribution in [1.82, 2.24) is 4.90 Å². The van der Waals surface area contributed by atoms with Crippen molar-refractivity contribution in [3.05, 3.63) is 63.9 Å². The molecule has 0 N–H and O–H groups in total. The zero-order valence-electron chi connectivity index (χ0n) is 14.3. The summed E-state index contributed by atoms with van der Waals surface area (Å²) in [7, 11) is 0. The molecular formula is C19H17Cl2FN2O3. The second-order valence-corrected chi connectivity index (χ2v) is 6.86. The van der Waals surface area contributed by atoms with Crippen LogP contribution in [-0.4, -0.2) is 49.6 Å². The highest BCUT2D eigenvalue weighted by atomic mass is 35.5. The van der Waals surface area contributed by atoms with Crippen molar-refractivity contribution in [3.8, 4) is 0 Å². The number of carbonyl (C=O) groups excluding carboxylic acids is 2. The number of amides is 1. The number of esters is 1. The monoisotopic (exact) mass is 410 g/mol. The van der Waals surface area contributed by atoms with Crippen LogP contribution in [0.2, 0.25) is 10.0 Å². The predicted octanol–water partition coefficient (Wildman–Crippen LogP) is 3.64. The number of hydrogen-bond donors (Lipinski definition) is 0. The molecule has 142 valence electrons. The van der Waals surface area contributed by atoms with Gasteiger partial charge in [0, 0.05) is 31.2 Å². The molecule has 3 rings (SSSR count). The largest absolute Gasteiger partial charge is 0.452 e. The fourth-order valence-electron chi connectivity index (χ4n) is 2.86. The highest BCUT2D eigenvalue weighted by molar-refractivity contribution is 6.36. The Bertz CT molecular complexity index is 855. The van der Waals surface area contributed by atoms with Gasteiger partial charge in [0.2, 0.25) is 0 Å². The first kappa shape index (κ1) is 19.5. The van der Waals surface area contributed by atoms with Crippen molar-refractivity contribution in [2.24, 2.45) is 0 Å². The van der Waals surface area contributed by atoms with E-state index in [1.165, 1.54) is 24.3 Å². The van der Waals surface area contributed by atoms with E-state index >= 15 is 0 Å². The predicted molar refractivity (Wildman–Crippen MR) is 102 cm³/mol. The molecule has 1 fully saturated rings. The van der Waals surface area contributed by atoms with Crippen LogP contribution in [0.3, 0.4) is 0 Å². The van der Waals surface area contributed by atoms with Gasteiger partial charge in [0.05, 0.1) is 16.3 Å². The Morgan fingerprint density at radius 3 is 2.41 bits per heavy atom. The normalized spacial score (nSPS) is 14.2. The molecular weight excluding hydrogens is 394 g/mol. The summed E-state index contributed by atoms with van der Waals surface area (Å²) in [6.45, 7) is 1.48. The van der Waals surface area contributed by atoms with Gasteiger partial charge in [0.1, 0.15) is 5.82 Å². The van der Waals surface area contributed by atoms with Crippen LogP contribution in [0.1, 0.15) is 10.4 Å². The lowest BCUT2D eigenvalue weighted by Gasteiger charge is -2.36. The number of halogens is 3. The fraction of sp³-hybridized carbons (Fsp3) is 0.263. The molecule has 8 heteroatoms. The summed E-state index contributed by atoms with van der Waals surface area (Å²) in [5.74, 6) is -1.28. The van der Waals surface area contributed by atoms with Crippen LogP contribution in [-0.2, 0) is 9.53 Å². The van der Waals surface area contributed by atoms with Crippen molar-refractivity contribution < 1.29 is 18.7 Å². The zero-order chi connectivity index (χ0) is 19.4. The topological polar surface area (TPSA) is 49.9 Å². The van der Waals surface area contributed by atoms with Crippen molar-refractivity contribution in [1.29, 1.82) is 0 Å². The number of hydrogen-bond acceptors (Lipinski definition) is 4. The zero-order valence-corrected chi connectivity index (χ0v) is 15.8. The minimum Gasteiger partial charge on any atom is -0.452 e. The molecule has 0 unspecified atom stereocenters. The second-order valence-electron chi connectivity index (χ2n) is 6.02. The van der Waals surface area contributed by atoms with E-state index in [0.717, 1.165) is 0 Å². The summed E-state index contributed by atoms with van der Waals surface area (Å²) in [6.07, 6.45) is 0. The maximum atomic E-state index is 13.9. The molecule has 27 heavy (non-hydrogen) atoms. The van der Waals surface area contributed by atoms with E-state index in [2.05, 4.69) is 0 Å². The Morgan fingerprint density at radius 2 is 1.74 bits per heavy atom. The number of piperazine rings is 1. The molecule has 1 heterocycles. The second kappa shape index (κ2) is 8.59. The summed E-state index contributed by atoms with van der Waals surface area (Å²) in [4.78, 5) is 27.8. The summed E-state index contributed by atoms with van der Waals surface area (Å²) >= 11 is 11.8. The van der Waals surface area contributed by atoms with Gasteiger partial charge in [-0.1, -0.05) is 35.3 Å². The molecule has 0 spiro atoms. The first-order valence-electron chi connectivity index (χ1n) is 8.35. The average molecular weight is 411 g/mol. The summed E-state index contributed by atoms with van der Waals surface area (Å²) < 4.78 is 18.9. The Morgan fingerprint density at radius 1 is 1.04 bits per heavy atom. The van der Waals surface area contributed by atoms with Gasteiger partial charge in [0.25, 0.3) is 5.91 Å². The van der Waals surface area contributed by atoms with Gasteiger partial charge in [0.15, 0.2) is 6.61 Å². The van der Waals surface area contributed by atoms with Gasteiger partial charge in [-0.3, -0.25) is 4.79 Å². The van der Waals surface area contributed by atoms with Crippen LogP contribution in [0.4, 0.5) is 10.1 Å². The number of nitrogens with zero attached hydrogens (tertiary/aromatic N) is 2. The Balaban J connectivity index is 1.51.